The first-order valence-corrected chi connectivity index (χ1v) is 10.5. The molecule has 1 saturated carbocycles. The Hall–Kier alpha value is -2.48. The molecule has 150 valence electrons. The largest absolute Gasteiger partial charge is 0.455 e. The molecule has 0 bridgehead atoms. The number of ether oxygens (including phenoxy) is 1. The number of thiazole rings is 1. The highest BCUT2D eigenvalue weighted by Crippen LogP contribution is 2.41. The van der Waals surface area contributed by atoms with E-state index in [1.54, 1.807) is 11.3 Å². The fourth-order valence-electron chi connectivity index (χ4n) is 3.45. The molecule has 7 nitrogen and oxygen atoms in total. The summed E-state index contributed by atoms with van der Waals surface area (Å²) in [6.07, 6.45) is 4.36. The molecule has 0 aliphatic heterocycles. The minimum Gasteiger partial charge on any atom is -0.455 e. The molecular formula is C20H25N3O4S. The van der Waals surface area contributed by atoms with Gasteiger partial charge in [0.25, 0.3) is 5.91 Å². The number of urea groups is 1. The molecule has 1 aromatic heterocycles. The lowest BCUT2D eigenvalue weighted by Gasteiger charge is -2.28. The third-order valence-corrected chi connectivity index (χ3v) is 6.00. The van der Waals surface area contributed by atoms with Crippen LogP contribution >= 0.6 is 11.3 Å². The van der Waals surface area contributed by atoms with Crippen molar-refractivity contribution in [3.63, 3.8) is 0 Å². The van der Waals surface area contributed by atoms with Crippen molar-refractivity contribution in [2.24, 2.45) is 5.92 Å². The Kier molecular flexibility index (Phi) is 6.97. The summed E-state index contributed by atoms with van der Waals surface area (Å²) < 4.78 is 6.32. The molecule has 1 aromatic carbocycles. The van der Waals surface area contributed by atoms with Crippen LogP contribution in [-0.4, -0.2) is 36.0 Å². The van der Waals surface area contributed by atoms with Gasteiger partial charge in [0.2, 0.25) is 0 Å². The number of hydrogen-bond acceptors (Lipinski definition) is 6. The summed E-state index contributed by atoms with van der Waals surface area (Å²) in [5.41, 5.74) is 0.942. The van der Waals surface area contributed by atoms with Crippen LogP contribution < -0.4 is 10.6 Å². The second-order valence-electron chi connectivity index (χ2n) is 6.93. The SMILES string of the molecule is CCCNC(=O)NC(=O)COC(=O)[C@@H]1CCCC[C@@H]1c1nc2ccccc2s1. The van der Waals surface area contributed by atoms with Crippen LogP contribution in [0.2, 0.25) is 0 Å². The smallest absolute Gasteiger partial charge is 0.321 e. The number of aromatic nitrogens is 1. The maximum atomic E-state index is 12.6. The van der Waals surface area contributed by atoms with Crippen molar-refractivity contribution in [2.45, 2.75) is 44.9 Å². The van der Waals surface area contributed by atoms with E-state index in [1.807, 2.05) is 31.2 Å². The van der Waals surface area contributed by atoms with Crippen LogP contribution in [0.1, 0.15) is 50.0 Å². The molecule has 3 amide bonds. The lowest BCUT2D eigenvalue weighted by Crippen LogP contribution is -2.42. The molecular weight excluding hydrogens is 378 g/mol. The van der Waals surface area contributed by atoms with E-state index in [-0.39, 0.29) is 11.8 Å². The number of esters is 1. The zero-order chi connectivity index (χ0) is 19.9. The number of rotatable bonds is 6. The molecule has 0 radical (unpaired) electrons. The predicted octanol–water partition coefficient (Wildman–Crippen LogP) is 3.35. The molecule has 0 saturated heterocycles. The number of para-hydroxylation sites is 1. The summed E-state index contributed by atoms with van der Waals surface area (Å²) in [5.74, 6) is -1.33. The number of imide groups is 1. The third kappa shape index (κ3) is 5.07. The van der Waals surface area contributed by atoms with Crippen molar-refractivity contribution in [3.8, 4) is 0 Å². The van der Waals surface area contributed by atoms with E-state index >= 15 is 0 Å². The number of fused-ring (bicyclic) bond motifs is 1. The first-order chi connectivity index (χ1) is 13.6. The molecule has 1 aliphatic carbocycles. The molecule has 2 atom stereocenters. The van der Waals surface area contributed by atoms with Crippen molar-refractivity contribution >= 4 is 39.5 Å². The number of nitrogens with one attached hydrogen (secondary N) is 2. The number of benzene rings is 1. The van der Waals surface area contributed by atoms with Crippen molar-refractivity contribution in [1.29, 1.82) is 0 Å². The normalized spacial score (nSPS) is 19.2. The van der Waals surface area contributed by atoms with Crippen LogP contribution in [0, 0.1) is 5.92 Å². The van der Waals surface area contributed by atoms with Crippen molar-refractivity contribution in [1.82, 2.24) is 15.6 Å². The molecule has 28 heavy (non-hydrogen) atoms. The van der Waals surface area contributed by atoms with Gasteiger partial charge < -0.3 is 10.1 Å². The van der Waals surface area contributed by atoms with Gasteiger partial charge in [-0.3, -0.25) is 14.9 Å². The average Bonchev–Trinajstić information content (AvgIpc) is 3.14. The second-order valence-corrected chi connectivity index (χ2v) is 7.99. The van der Waals surface area contributed by atoms with Gasteiger partial charge in [-0.1, -0.05) is 31.9 Å². The van der Waals surface area contributed by atoms with Gasteiger partial charge in [-0.2, -0.15) is 0 Å². The topological polar surface area (TPSA) is 97.4 Å². The molecule has 0 unspecified atom stereocenters. The van der Waals surface area contributed by atoms with E-state index in [1.165, 1.54) is 0 Å². The highest BCUT2D eigenvalue weighted by atomic mass is 32.1. The summed E-state index contributed by atoms with van der Waals surface area (Å²) in [6.45, 7) is 1.93. The van der Waals surface area contributed by atoms with Crippen molar-refractivity contribution in [3.05, 3.63) is 29.3 Å². The molecule has 1 fully saturated rings. The number of carbonyl (C=O) groups excluding carboxylic acids is 3. The van der Waals surface area contributed by atoms with E-state index in [2.05, 4.69) is 10.6 Å². The van der Waals surface area contributed by atoms with Crippen molar-refractivity contribution in [2.75, 3.05) is 13.2 Å². The fourth-order valence-corrected chi connectivity index (χ4v) is 4.61. The Balaban J connectivity index is 1.59. The molecule has 3 rings (SSSR count). The van der Waals surface area contributed by atoms with Gasteiger partial charge in [-0.05, 0) is 31.4 Å². The Morgan fingerprint density at radius 1 is 1.21 bits per heavy atom. The van der Waals surface area contributed by atoms with Gasteiger partial charge in [0.05, 0.1) is 21.1 Å². The Morgan fingerprint density at radius 2 is 2.00 bits per heavy atom. The Labute approximate surface area is 167 Å². The first kappa shape index (κ1) is 20.3. The van der Waals surface area contributed by atoms with Crippen LogP contribution in [-0.2, 0) is 14.3 Å². The van der Waals surface area contributed by atoms with Gasteiger partial charge in [0.15, 0.2) is 6.61 Å². The lowest BCUT2D eigenvalue weighted by atomic mass is 9.79. The second kappa shape index (κ2) is 9.64. The average molecular weight is 404 g/mol. The minimum atomic E-state index is -0.630. The highest BCUT2D eigenvalue weighted by Gasteiger charge is 2.35. The summed E-state index contributed by atoms with van der Waals surface area (Å²) in [5, 5.41) is 5.64. The fraction of sp³-hybridized carbons (Fsp3) is 0.500. The zero-order valence-corrected chi connectivity index (χ0v) is 16.7. The Bertz CT molecular complexity index is 818. The molecule has 0 spiro atoms. The summed E-state index contributed by atoms with van der Waals surface area (Å²) in [6, 6.07) is 7.35. The van der Waals surface area contributed by atoms with Gasteiger partial charge in [0, 0.05) is 12.5 Å². The van der Waals surface area contributed by atoms with Crippen LogP contribution in [0.25, 0.3) is 10.2 Å². The quantitative estimate of drug-likeness (QED) is 0.721. The van der Waals surface area contributed by atoms with Crippen LogP contribution in [0.5, 0.6) is 0 Å². The Morgan fingerprint density at radius 3 is 2.79 bits per heavy atom. The predicted molar refractivity (Wildman–Crippen MR) is 107 cm³/mol. The van der Waals surface area contributed by atoms with Crippen LogP contribution in [0.4, 0.5) is 4.79 Å². The number of amides is 3. The van der Waals surface area contributed by atoms with Gasteiger partial charge in [0.1, 0.15) is 0 Å². The first-order valence-electron chi connectivity index (χ1n) is 9.68. The monoisotopic (exact) mass is 403 g/mol. The molecule has 2 aromatic rings. The van der Waals surface area contributed by atoms with Gasteiger partial charge in [-0.15, -0.1) is 11.3 Å². The highest BCUT2D eigenvalue weighted by molar-refractivity contribution is 7.18. The maximum Gasteiger partial charge on any atom is 0.321 e. The van der Waals surface area contributed by atoms with Crippen molar-refractivity contribution < 1.29 is 19.1 Å². The third-order valence-electron chi connectivity index (χ3n) is 4.83. The van der Waals surface area contributed by atoms with E-state index < -0.39 is 24.5 Å². The standard InChI is InChI=1S/C20H25N3O4S/c1-2-11-21-20(26)23-17(24)12-27-19(25)14-8-4-3-7-13(14)18-22-15-9-5-6-10-16(15)28-18/h5-6,9-10,13-14H,2-4,7-8,11-12H2,1H3,(H2,21,23,24,26)/t13-,14+/m0/s1. The molecule has 1 heterocycles. The van der Waals surface area contributed by atoms with E-state index in [0.717, 1.165) is 47.3 Å². The van der Waals surface area contributed by atoms with E-state index in [4.69, 9.17) is 9.72 Å². The summed E-state index contributed by atoms with van der Waals surface area (Å²) >= 11 is 1.61. The zero-order valence-electron chi connectivity index (χ0n) is 15.9. The molecule has 2 N–H and O–H groups in total. The lowest BCUT2D eigenvalue weighted by molar-refractivity contribution is -0.154. The van der Waals surface area contributed by atoms with E-state index in [9.17, 15) is 14.4 Å². The minimum absolute atomic E-state index is 0.00886. The van der Waals surface area contributed by atoms with Gasteiger partial charge >= 0.3 is 12.0 Å². The number of nitrogens with zero attached hydrogens (tertiary/aromatic N) is 1. The number of hydrogen-bond donors (Lipinski definition) is 2. The molecule has 8 heteroatoms. The van der Waals surface area contributed by atoms with Crippen LogP contribution in [0.15, 0.2) is 24.3 Å². The number of carbonyl (C=O) groups is 3. The summed E-state index contributed by atoms with van der Waals surface area (Å²) in [4.78, 5) is 40.6. The van der Waals surface area contributed by atoms with E-state index in [0.29, 0.717) is 6.54 Å². The van der Waals surface area contributed by atoms with Gasteiger partial charge in [-0.25, -0.2) is 9.78 Å². The summed E-state index contributed by atoms with van der Waals surface area (Å²) in [7, 11) is 0. The maximum absolute atomic E-state index is 12.6. The molecule has 1 aliphatic rings. The van der Waals surface area contributed by atoms with Crippen LogP contribution in [0.3, 0.4) is 0 Å².